The molecule has 1 unspecified atom stereocenters. The van der Waals surface area contributed by atoms with Gasteiger partial charge in [0, 0.05) is 11.9 Å². The Bertz CT molecular complexity index is 1820. The summed E-state index contributed by atoms with van der Waals surface area (Å²) >= 11 is 2.47. The average molecular weight is 574 g/mol. The van der Waals surface area contributed by atoms with Gasteiger partial charge in [0.25, 0.3) is 5.78 Å². The van der Waals surface area contributed by atoms with Crippen LogP contribution in [0.4, 0.5) is 9.52 Å². The Labute approximate surface area is 235 Å². The lowest BCUT2D eigenvalue weighted by Gasteiger charge is -2.22. The molecule has 1 aliphatic heterocycles. The number of thioether (sulfide) groups is 1. The number of amides is 1. The van der Waals surface area contributed by atoms with E-state index in [0.29, 0.717) is 27.0 Å². The summed E-state index contributed by atoms with van der Waals surface area (Å²) in [6.07, 6.45) is 1.71. The van der Waals surface area contributed by atoms with Crippen molar-refractivity contribution in [2.45, 2.75) is 23.1 Å². The Morgan fingerprint density at radius 2 is 1.88 bits per heavy atom. The van der Waals surface area contributed by atoms with E-state index in [2.05, 4.69) is 15.2 Å². The van der Waals surface area contributed by atoms with E-state index < -0.39 is 17.7 Å². The minimum Gasteiger partial charge on any atom is -0.508 e. The minimum atomic E-state index is -1.08. The smallest absolute Gasteiger partial charge is 0.301 e. The fourth-order valence-electron chi connectivity index (χ4n) is 4.65. The van der Waals surface area contributed by atoms with E-state index in [-0.39, 0.29) is 33.7 Å². The Morgan fingerprint density at radius 1 is 1.07 bits per heavy atom. The molecule has 0 radical (unpaired) electrons. The molecule has 1 aliphatic rings. The minimum absolute atomic E-state index is 0.0677. The molecule has 12 heteroatoms. The van der Waals surface area contributed by atoms with E-state index >= 15 is 0 Å². The number of aromatic hydroxyl groups is 1. The number of pyridine rings is 1. The second-order valence-electron chi connectivity index (χ2n) is 9.00. The van der Waals surface area contributed by atoms with E-state index in [9.17, 15) is 24.2 Å². The lowest BCUT2D eigenvalue weighted by Crippen LogP contribution is -2.29. The van der Waals surface area contributed by atoms with Gasteiger partial charge in [-0.05, 0) is 54.4 Å². The number of hydrogen-bond donors (Lipinski definition) is 2. The number of aliphatic hydroxyl groups excluding tert-OH is 1. The number of Topliss-reactive ketones (excluding diaryl/α,β-unsaturated/α-hetero) is 1. The maximum atomic E-state index is 13.5. The number of ketones is 1. The largest absolute Gasteiger partial charge is 0.508 e. The van der Waals surface area contributed by atoms with Gasteiger partial charge in [-0.25, -0.2) is 9.37 Å². The van der Waals surface area contributed by atoms with Gasteiger partial charge >= 0.3 is 5.91 Å². The fraction of sp³-hybridized carbons (Fsp3) is 0.107. The van der Waals surface area contributed by atoms with Crippen LogP contribution < -0.4 is 4.90 Å². The number of aromatic nitrogens is 4. The second-order valence-corrected chi connectivity index (χ2v) is 11.2. The number of phenols is 1. The van der Waals surface area contributed by atoms with Crippen molar-refractivity contribution >= 4 is 51.3 Å². The van der Waals surface area contributed by atoms with Crippen molar-refractivity contribution in [3.8, 4) is 5.75 Å². The van der Waals surface area contributed by atoms with Gasteiger partial charge in [0.05, 0.1) is 17.3 Å². The van der Waals surface area contributed by atoms with Crippen LogP contribution in [0.25, 0.3) is 11.4 Å². The van der Waals surface area contributed by atoms with Crippen LogP contribution in [-0.4, -0.2) is 41.5 Å². The van der Waals surface area contributed by atoms with Crippen molar-refractivity contribution in [1.29, 1.82) is 0 Å². The van der Waals surface area contributed by atoms with Crippen LogP contribution in [0.15, 0.2) is 82.8 Å². The van der Waals surface area contributed by atoms with Gasteiger partial charge in [0.2, 0.25) is 5.13 Å². The normalized spacial score (nSPS) is 16.8. The van der Waals surface area contributed by atoms with Crippen LogP contribution in [0.2, 0.25) is 0 Å². The number of aliphatic hydroxyl groups is 1. The molecule has 6 rings (SSSR count). The van der Waals surface area contributed by atoms with Gasteiger partial charge in [-0.1, -0.05) is 53.4 Å². The number of fused-ring (bicyclic) bond motifs is 1. The van der Waals surface area contributed by atoms with Gasteiger partial charge in [-0.15, -0.1) is 10.2 Å². The van der Waals surface area contributed by atoms with E-state index in [4.69, 9.17) is 0 Å². The molecule has 1 fully saturated rings. The zero-order valence-electron chi connectivity index (χ0n) is 20.9. The number of carbonyl (C=O) groups excluding carboxylic acids is 2. The van der Waals surface area contributed by atoms with Gasteiger partial charge in [-0.2, -0.15) is 0 Å². The van der Waals surface area contributed by atoms with Crippen LogP contribution in [0, 0.1) is 12.7 Å². The predicted molar refractivity (Wildman–Crippen MR) is 149 cm³/mol. The highest BCUT2D eigenvalue weighted by atomic mass is 32.2. The molecular weight excluding hydrogens is 553 g/mol. The van der Waals surface area contributed by atoms with Crippen molar-refractivity contribution in [2.75, 3.05) is 4.90 Å². The average Bonchev–Trinajstić information content (AvgIpc) is 3.62. The first kappa shape index (κ1) is 25.7. The lowest BCUT2D eigenvalue weighted by atomic mass is 9.96. The van der Waals surface area contributed by atoms with Crippen LogP contribution in [0.1, 0.15) is 28.6 Å². The molecule has 3 aromatic heterocycles. The third-order valence-corrected chi connectivity index (χ3v) is 8.56. The first-order valence-corrected chi connectivity index (χ1v) is 13.9. The van der Waals surface area contributed by atoms with Crippen LogP contribution in [0.3, 0.4) is 0 Å². The van der Waals surface area contributed by atoms with E-state index in [1.54, 1.807) is 60.0 Å². The van der Waals surface area contributed by atoms with E-state index in [0.717, 1.165) is 16.9 Å². The zero-order valence-corrected chi connectivity index (χ0v) is 22.5. The van der Waals surface area contributed by atoms with E-state index in [1.807, 2.05) is 0 Å². The molecule has 5 aromatic rings. The first-order valence-electron chi connectivity index (χ1n) is 12.1. The van der Waals surface area contributed by atoms with Gasteiger partial charge in [0.15, 0.2) is 10.1 Å². The fourth-order valence-corrected chi connectivity index (χ4v) is 6.47. The van der Waals surface area contributed by atoms with Gasteiger partial charge in [0.1, 0.15) is 22.9 Å². The molecule has 9 nitrogen and oxygen atoms in total. The quantitative estimate of drug-likeness (QED) is 0.0928. The molecule has 2 aromatic carbocycles. The molecule has 0 spiro atoms. The summed E-state index contributed by atoms with van der Waals surface area (Å²) in [7, 11) is 0. The highest BCUT2D eigenvalue weighted by Crippen LogP contribution is 2.44. The number of aryl methyl sites for hydroxylation is 1. The monoisotopic (exact) mass is 573 g/mol. The third-order valence-electron chi connectivity index (χ3n) is 6.44. The zero-order chi connectivity index (χ0) is 28.0. The Hall–Kier alpha value is -4.55. The molecule has 0 bridgehead atoms. The molecule has 1 saturated heterocycles. The summed E-state index contributed by atoms with van der Waals surface area (Å²) in [5, 5.41) is 30.3. The highest BCUT2D eigenvalue weighted by molar-refractivity contribution is 8.00. The van der Waals surface area contributed by atoms with Crippen LogP contribution in [-0.2, 0) is 15.3 Å². The molecule has 0 aliphatic carbocycles. The number of nitrogens with zero attached hydrogens (tertiary/aromatic N) is 5. The maximum Gasteiger partial charge on any atom is 0.301 e. The summed E-state index contributed by atoms with van der Waals surface area (Å²) in [4.78, 5) is 32.6. The van der Waals surface area contributed by atoms with Crippen LogP contribution in [0.5, 0.6) is 5.75 Å². The Kier molecular flexibility index (Phi) is 6.56. The number of benzene rings is 2. The van der Waals surface area contributed by atoms with Crippen molar-refractivity contribution in [1.82, 2.24) is 19.6 Å². The predicted octanol–water partition coefficient (Wildman–Crippen LogP) is 5.26. The second kappa shape index (κ2) is 10.2. The van der Waals surface area contributed by atoms with Gasteiger partial charge < -0.3 is 10.2 Å². The molecular formula is C28H20FN5O4S2. The number of anilines is 1. The standard InChI is InChI=1S/C28H20FN5O4S2/c1-15-22(33-12-3-2-7-20(33)30-15)24(36)21-23(17-5-4-6-19(35)13-17)34(26(38)25(21)37)27-31-32-28(40-27)39-14-16-8-10-18(29)11-9-16/h2-13,23,35-36H,14H2,1H3/b24-21+. The molecule has 200 valence electrons. The molecule has 1 atom stereocenters. The summed E-state index contributed by atoms with van der Waals surface area (Å²) in [6.45, 7) is 1.71. The third kappa shape index (κ3) is 4.50. The lowest BCUT2D eigenvalue weighted by molar-refractivity contribution is -0.132. The molecule has 40 heavy (non-hydrogen) atoms. The number of imidazole rings is 1. The van der Waals surface area contributed by atoms with Crippen molar-refractivity contribution in [3.63, 3.8) is 0 Å². The molecule has 4 heterocycles. The van der Waals surface area contributed by atoms with Crippen molar-refractivity contribution in [3.05, 3.63) is 107 Å². The number of rotatable bonds is 6. The molecule has 0 saturated carbocycles. The number of phenolic OH excluding ortho intramolecular Hbond substituents is 1. The van der Waals surface area contributed by atoms with Crippen molar-refractivity contribution in [2.24, 2.45) is 0 Å². The van der Waals surface area contributed by atoms with E-state index in [1.165, 1.54) is 40.9 Å². The van der Waals surface area contributed by atoms with Gasteiger partial charge in [-0.3, -0.25) is 18.9 Å². The molecule has 1 amide bonds. The number of halogens is 1. The topological polar surface area (TPSA) is 121 Å². The SMILES string of the molecule is Cc1nc2ccccn2c1/C(O)=C1\C(=O)C(=O)N(c2nnc(SCc3ccc(F)cc3)s2)C1c1cccc(O)c1. The van der Waals surface area contributed by atoms with Crippen LogP contribution >= 0.6 is 23.1 Å². The Balaban J connectivity index is 1.43. The summed E-state index contributed by atoms with van der Waals surface area (Å²) < 4.78 is 15.4. The van der Waals surface area contributed by atoms with Crippen molar-refractivity contribution < 1.29 is 24.2 Å². The summed E-state index contributed by atoms with van der Waals surface area (Å²) in [5.74, 6) is -2.06. The summed E-state index contributed by atoms with van der Waals surface area (Å²) in [6, 6.07) is 16.5. The molecule has 2 N–H and O–H groups in total. The Morgan fingerprint density at radius 3 is 2.65 bits per heavy atom. The maximum absolute atomic E-state index is 13.5. The first-order chi connectivity index (χ1) is 19.3. The number of carbonyl (C=O) groups is 2. The summed E-state index contributed by atoms with van der Waals surface area (Å²) in [5.41, 5.74) is 2.46. The number of hydrogen-bond acceptors (Lipinski definition) is 9. The highest BCUT2D eigenvalue weighted by Gasteiger charge is 2.49.